The Morgan fingerprint density at radius 2 is 0.822 bits per heavy atom. The first-order chi connectivity index (χ1) is 43.9. The molecule has 14 rings (SSSR count). The van der Waals surface area contributed by atoms with E-state index in [0.29, 0.717) is 68.1 Å². The smallest absolute Gasteiger partial charge is 0.266 e. The first-order valence-corrected chi connectivity index (χ1v) is 29.0. The molecule has 0 unspecified atom stereocenters. The molecule has 0 fully saturated rings. The molecule has 14 aromatic rings. The van der Waals surface area contributed by atoms with E-state index < -0.39 is 0 Å². The maximum atomic E-state index is 13.5. The van der Waals surface area contributed by atoms with E-state index in [1.807, 2.05) is 163 Å². The van der Waals surface area contributed by atoms with Gasteiger partial charge in [-0.3, -0.25) is 53.2 Å². The van der Waals surface area contributed by atoms with Gasteiger partial charge in [0.25, 0.3) is 16.7 Å². The van der Waals surface area contributed by atoms with E-state index in [4.69, 9.17) is 19.7 Å². The number of rotatable bonds is 11. The summed E-state index contributed by atoms with van der Waals surface area (Å²) < 4.78 is 10.4. The number of hydrogen-bond donors (Lipinski definition) is 3. The van der Waals surface area contributed by atoms with Gasteiger partial charge >= 0.3 is 0 Å². The molecule has 0 saturated heterocycles. The second kappa shape index (κ2) is 25.5. The van der Waals surface area contributed by atoms with Crippen molar-refractivity contribution in [3.63, 3.8) is 0 Å². The summed E-state index contributed by atoms with van der Waals surface area (Å²) in [5, 5.41) is 28.4. The standard InChI is InChI=1S/C25H23N3O3.C24H19N5O.C23H17N5O/c1-4-31-21-10-6-9-18(24(21)29)11-12-22-27-20-15-26-14-13-19(20)25(30)28(22)23-16(2)7-5-8-17(23)3;1-15-5-3-6-16(2)23(15)29-21(27-20-14-25-12-11-19(20)24(29)30)10-9-17-7-4-8-18-13-26-28-22(17)18;1-15-5-2-3-8-20(15)28-21(26-19-14-24-12-11-18(19)23(28)29)10-9-16-6-4-7-17-13-25-27-22(16)17/h5-15,29H,4H2,1-3H3;3-14H,1-2H3,(H,26,28);2-14H,1H3,(H,25,27)/b12-11+;2*10-9+. The Labute approximate surface area is 515 Å². The van der Waals surface area contributed by atoms with Crippen molar-refractivity contribution in [2.45, 2.75) is 41.5 Å². The highest BCUT2D eigenvalue weighted by atomic mass is 16.5. The SMILES string of the molecule is CCOc1cccc(/C=C/c2nc3cnccc3c(=O)n2-c2c(C)cccc2C)c1O.Cc1cccc(C)c1-n1c(/C=C/c2cccc3cn[nH]c23)nc2cnccc2c1=O.Cc1ccccc1-n1c(/C=C/c2cccc3cn[nH]c23)nc2cnccc2c1=O. The minimum Gasteiger partial charge on any atom is -0.504 e. The molecule has 0 radical (unpaired) electrons. The van der Waals surface area contributed by atoms with Gasteiger partial charge in [0.05, 0.1) is 98.4 Å². The molecule has 0 amide bonds. The summed E-state index contributed by atoms with van der Waals surface area (Å²) >= 11 is 0. The third kappa shape index (κ3) is 11.6. The lowest BCUT2D eigenvalue weighted by atomic mass is 10.1. The molecular weight excluding hydrogens is 1130 g/mol. The number of nitrogens with one attached hydrogen (secondary N) is 2. The Morgan fingerprint density at radius 3 is 1.28 bits per heavy atom. The first-order valence-electron chi connectivity index (χ1n) is 29.0. The van der Waals surface area contributed by atoms with Crippen molar-refractivity contribution in [1.82, 2.24) is 64.0 Å². The summed E-state index contributed by atoms with van der Waals surface area (Å²) in [6, 6.07) is 42.0. The number of hydrogen-bond acceptors (Lipinski definition) is 13. The van der Waals surface area contributed by atoms with Crippen LogP contribution in [0.1, 0.15) is 68.9 Å². The van der Waals surface area contributed by atoms with Crippen LogP contribution in [-0.2, 0) is 0 Å². The quantitative estimate of drug-likeness (QED) is 0.110. The van der Waals surface area contributed by atoms with Crippen LogP contribution in [0.3, 0.4) is 0 Å². The monoisotopic (exact) mass is 1190 g/mol. The third-order valence-electron chi connectivity index (χ3n) is 15.4. The molecule has 90 heavy (non-hydrogen) atoms. The van der Waals surface area contributed by atoms with Crippen molar-refractivity contribution in [1.29, 1.82) is 0 Å². The second-order valence-electron chi connectivity index (χ2n) is 21.3. The Bertz CT molecular complexity index is 5300. The van der Waals surface area contributed by atoms with Gasteiger partial charge in [-0.1, -0.05) is 103 Å². The van der Waals surface area contributed by atoms with Gasteiger partial charge < -0.3 is 9.84 Å². The Kier molecular flexibility index (Phi) is 16.5. The molecular formula is C72H59N13O5. The van der Waals surface area contributed by atoms with Crippen LogP contribution in [0, 0.1) is 34.6 Å². The normalized spacial score (nSPS) is 11.5. The lowest BCUT2D eigenvalue weighted by molar-refractivity contribution is 0.318. The van der Waals surface area contributed by atoms with Gasteiger partial charge in [0.15, 0.2) is 11.5 Å². The van der Waals surface area contributed by atoms with E-state index >= 15 is 0 Å². The molecule has 0 bridgehead atoms. The fourth-order valence-electron chi connectivity index (χ4n) is 11.0. The van der Waals surface area contributed by atoms with Gasteiger partial charge in [-0.2, -0.15) is 10.2 Å². The van der Waals surface area contributed by atoms with Crippen LogP contribution < -0.4 is 21.4 Å². The molecule has 18 nitrogen and oxygen atoms in total. The van der Waals surface area contributed by atoms with Crippen LogP contribution in [0.15, 0.2) is 197 Å². The fraction of sp³-hybridized carbons (Fsp3) is 0.0972. The number of phenolic OH excluding ortho intramolecular Hbond substituents is 1. The average molecular weight is 1190 g/mol. The molecule has 0 aliphatic carbocycles. The van der Waals surface area contributed by atoms with Crippen LogP contribution in [-0.4, -0.2) is 75.7 Å². The molecule has 0 aliphatic rings. The molecule has 8 aromatic heterocycles. The molecule has 6 aromatic carbocycles. The molecule has 0 spiro atoms. The maximum Gasteiger partial charge on any atom is 0.266 e. The zero-order chi connectivity index (χ0) is 62.4. The number of pyridine rings is 3. The predicted octanol–water partition coefficient (Wildman–Crippen LogP) is 13.3. The van der Waals surface area contributed by atoms with Crippen molar-refractivity contribution < 1.29 is 9.84 Å². The highest BCUT2D eigenvalue weighted by Crippen LogP contribution is 2.32. The lowest BCUT2D eigenvalue weighted by Gasteiger charge is -2.16. The molecule has 0 saturated carbocycles. The maximum absolute atomic E-state index is 13.5. The molecule has 8 heterocycles. The molecule has 18 heteroatoms. The molecule has 442 valence electrons. The van der Waals surface area contributed by atoms with E-state index in [1.165, 1.54) is 0 Å². The zero-order valence-corrected chi connectivity index (χ0v) is 50.0. The van der Waals surface area contributed by atoms with Gasteiger partial charge in [-0.05, 0) is 136 Å². The average Bonchev–Trinajstić information content (AvgIpc) is 1.18. The van der Waals surface area contributed by atoms with Gasteiger partial charge in [0.2, 0.25) is 0 Å². The van der Waals surface area contributed by atoms with Gasteiger partial charge in [-0.25, -0.2) is 15.0 Å². The Morgan fingerprint density at radius 1 is 0.433 bits per heavy atom. The third-order valence-corrected chi connectivity index (χ3v) is 15.4. The van der Waals surface area contributed by atoms with Crippen LogP contribution in [0.5, 0.6) is 11.5 Å². The van der Waals surface area contributed by atoms with E-state index in [9.17, 15) is 19.5 Å². The van der Waals surface area contributed by atoms with Crippen molar-refractivity contribution in [3.8, 4) is 28.6 Å². The number of H-pyrrole nitrogens is 2. The number of aromatic amines is 2. The minimum absolute atomic E-state index is 0.0454. The summed E-state index contributed by atoms with van der Waals surface area (Å²) in [6.45, 7) is 12.2. The van der Waals surface area contributed by atoms with E-state index in [0.717, 1.165) is 77.8 Å². The number of aryl methyl sites for hydroxylation is 5. The Hall–Kier alpha value is -12.1. The minimum atomic E-state index is -0.170. The van der Waals surface area contributed by atoms with Crippen molar-refractivity contribution in [2.75, 3.05) is 6.61 Å². The van der Waals surface area contributed by atoms with Gasteiger partial charge in [-0.15, -0.1) is 0 Å². The first kappa shape index (κ1) is 58.3. The van der Waals surface area contributed by atoms with E-state index in [2.05, 4.69) is 35.3 Å². The number of benzene rings is 6. The molecule has 0 aliphatic heterocycles. The summed E-state index contributed by atoms with van der Waals surface area (Å²) in [5.74, 6) is 2.00. The predicted molar refractivity (Wildman–Crippen MR) is 357 cm³/mol. The number of aromatic hydroxyl groups is 1. The molecule has 0 atom stereocenters. The van der Waals surface area contributed by atoms with Crippen LogP contribution in [0.4, 0.5) is 0 Å². The summed E-state index contributed by atoms with van der Waals surface area (Å²) in [6.07, 6.45) is 24.3. The van der Waals surface area contributed by atoms with Crippen LogP contribution >= 0.6 is 0 Å². The highest BCUT2D eigenvalue weighted by molar-refractivity contribution is 5.91. The van der Waals surface area contributed by atoms with E-state index in [-0.39, 0.29) is 22.4 Å². The van der Waals surface area contributed by atoms with Crippen molar-refractivity contribution >= 4 is 91.0 Å². The zero-order valence-electron chi connectivity index (χ0n) is 50.0. The number of fused-ring (bicyclic) bond motifs is 5. The van der Waals surface area contributed by atoms with Crippen molar-refractivity contribution in [2.24, 2.45) is 0 Å². The van der Waals surface area contributed by atoms with E-state index in [1.54, 1.807) is 112 Å². The number of nitrogens with zero attached hydrogens (tertiary/aromatic N) is 11. The van der Waals surface area contributed by atoms with Crippen molar-refractivity contribution in [3.05, 3.63) is 276 Å². The van der Waals surface area contributed by atoms with Gasteiger partial charge in [0, 0.05) is 46.1 Å². The van der Waals surface area contributed by atoms with Gasteiger partial charge in [0.1, 0.15) is 17.5 Å². The summed E-state index contributed by atoms with van der Waals surface area (Å²) in [5.41, 5.74) is 13.1. The second-order valence-corrected chi connectivity index (χ2v) is 21.3. The summed E-state index contributed by atoms with van der Waals surface area (Å²) in [4.78, 5) is 66.8. The lowest BCUT2D eigenvalue weighted by Crippen LogP contribution is -2.24. The largest absolute Gasteiger partial charge is 0.504 e. The topological polar surface area (TPSA) is 230 Å². The number of ether oxygens (including phenoxy) is 1. The fourth-order valence-corrected chi connectivity index (χ4v) is 11.0. The number of phenols is 1. The van der Waals surface area contributed by atoms with Crippen LogP contribution in [0.25, 0.3) is 108 Å². The number of aromatic nitrogens is 13. The Balaban J connectivity index is 0.000000131. The summed E-state index contributed by atoms with van der Waals surface area (Å²) in [7, 11) is 0. The number of para-hydroxylation sites is 6. The van der Waals surface area contributed by atoms with Crippen LogP contribution in [0.2, 0.25) is 0 Å². The highest BCUT2D eigenvalue weighted by Gasteiger charge is 2.18. The molecule has 3 N–H and O–H groups in total.